The van der Waals surface area contributed by atoms with E-state index in [1.54, 1.807) is 26.2 Å². The summed E-state index contributed by atoms with van der Waals surface area (Å²) in [5.74, 6) is 0.463. The van der Waals surface area contributed by atoms with Gasteiger partial charge in [0.2, 0.25) is 15.9 Å². The average molecular weight is 431 g/mol. The van der Waals surface area contributed by atoms with Crippen LogP contribution in [0.4, 0.5) is 0 Å². The van der Waals surface area contributed by atoms with Crippen LogP contribution in [0.3, 0.4) is 0 Å². The third kappa shape index (κ3) is 5.61. The van der Waals surface area contributed by atoms with Crippen LogP contribution in [0.2, 0.25) is 0 Å². The molecule has 1 atom stereocenters. The molecule has 1 aliphatic rings. The molecule has 1 heterocycles. The van der Waals surface area contributed by atoms with Crippen molar-refractivity contribution in [1.29, 1.82) is 0 Å². The van der Waals surface area contributed by atoms with Crippen molar-refractivity contribution in [1.82, 2.24) is 9.62 Å². The predicted octanol–water partition coefficient (Wildman–Crippen LogP) is 3.30. The van der Waals surface area contributed by atoms with Gasteiger partial charge in [-0.15, -0.1) is 0 Å². The smallest absolute Gasteiger partial charge is 0.241 e. The molecule has 7 heteroatoms. The molecular weight excluding hydrogens is 400 g/mol. The summed E-state index contributed by atoms with van der Waals surface area (Å²) in [7, 11) is -2.33. The van der Waals surface area contributed by atoms with Crippen LogP contribution in [0, 0.1) is 6.92 Å². The van der Waals surface area contributed by atoms with Gasteiger partial charge < -0.3 is 9.64 Å². The summed E-state index contributed by atoms with van der Waals surface area (Å²) in [5.41, 5.74) is 1.64. The molecule has 1 unspecified atom stereocenters. The number of aryl methyl sites for hydroxylation is 1. The predicted molar refractivity (Wildman–Crippen MR) is 117 cm³/mol. The molecule has 2 aromatic carbocycles. The van der Waals surface area contributed by atoms with Gasteiger partial charge in [0.1, 0.15) is 11.8 Å². The monoisotopic (exact) mass is 430 g/mol. The van der Waals surface area contributed by atoms with Crippen molar-refractivity contribution in [2.45, 2.75) is 50.0 Å². The molecule has 1 fully saturated rings. The van der Waals surface area contributed by atoms with Gasteiger partial charge in [0, 0.05) is 13.1 Å². The number of carbonyl (C=O) groups is 1. The zero-order valence-electron chi connectivity index (χ0n) is 17.6. The highest BCUT2D eigenvalue weighted by Gasteiger charge is 2.30. The molecule has 1 aliphatic heterocycles. The van der Waals surface area contributed by atoms with Gasteiger partial charge in [-0.2, -0.15) is 4.72 Å². The third-order valence-electron chi connectivity index (χ3n) is 5.47. The van der Waals surface area contributed by atoms with Gasteiger partial charge in [-0.1, -0.05) is 43.2 Å². The second kappa shape index (κ2) is 10.1. The van der Waals surface area contributed by atoms with E-state index in [1.807, 2.05) is 35.2 Å². The maximum atomic E-state index is 13.3. The summed E-state index contributed by atoms with van der Waals surface area (Å²) in [6.07, 6.45) is 4.42. The molecule has 0 aromatic heterocycles. The first-order valence-electron chi connectivity index (χ1n) is 10.4. The van der Waals surface area contributed by atoms with Crippen molar-refractivity contribution in [2.75, 3.05) is 20.2 Å². The molecule has 0 bridgehead atoms. The van der Waals surface area contributed by atoms with Gasteiger partial charge in [-0.05, 0) is 55.5 Å². The van der Waals surface area contributed by atoms with E-state index in [-0.39, 0.29) is 10.8 Å². The quantitative estimate of drug-likeness (QED) is 0.731. The Morgan fingerprint density at radius 1 is 1.07 bits per heavy atom. The van der Waals surface area contributed by atoms with E-state index >= 15 is 0 Å². The molecule has 1 saturated heterocycles. The Bertz CT molecular complexity index is 952. The van der Waals surface area contributed by atoms with E-state index in [0.717, 1.165) is 36.8 Å². The molecule has 0 saturated carbocycles. The van der Waals surface area contributed by atoms with Crippen molar-refractivity contribution in [3.63, 3.8) is 0 Å². The lowest BCUT2D eigenvalue weighted by atomic mass is 10.1. The highest BCUT2D eigenvalue weighted by Crippen LogP contribution is 2.22. The summed E-state index contributed by atoms with van der Waals surface area (Å²) >= 11 is 0. The first kappa shape index (κ1) is 22.3. The van der Waals surface area contributed by atoms with Crippen LogP contribution >= 0.6 is 0 Å². The Hall–Kier alpha value is -2.38. The molecule has 30 heavy (non-hydrogen) atoms. The van der Waals surface area contributed by atoms with Crippen LogP contribution in [-0.4, -0.2) is 45.5 Å². The number of nitrogens with zero attached hydrogens (tertiary/aromatic N) is 1. The van der Waals surface area contributed by atoms with E-state index in [2.05, 4.69) is 4.72 Å². The summed E-state index contributed by atoms with van der Waals surface area (Å²) < 4.78 is 34.1. The summed E-state index contributed by atoms with van der Waals surface area (Å²) in [6, 6.07) is 13.4. The summed E-state index contributed by atoms with van der Waals surface area (Å²) in [6.45, 7) is 3.14. The minimum Gasteiger partial charge on any atom is -0.496 e. The van der Waals surface area contributed by atoms with Gasteiger partial charge in [-0.3, -0.25) is 4.79 Å². The van der Waals surface area contributed by atoms with Crippen LogP contribution in [0.25, 0.3) is 0 Å². The molecule has 2 aromatic rings. The molecule has 3 rings (SSSR count). The highest BCUT2D eigenvalue weighted by molar-refractivity contribution is 7.89. The highest BCUT2D eigenvalue weighted by atomic mass is 32.2. The van der Waals surface area contributed by atoms with E-state index in [0.29, 0.717) is 25.3 Å². The molecular formula is C23H30N2O4S. The number of ether oxygens (including phenoxy) is 1. The Balaban J connectivity index is 1.86. The zero-order chi connectivity index (χ0) is 21.6. The third-order valence-corrected chi connectivity index (χ3v) is 6.94. The number of sulfonamides is 1. The lowest BCUT2D eigenvalue weighted by molar-refractivity contribution is -0.132. The minimum absolute atomic E-state index is 0.127. The molecule has 162 valence electrons. The lowest BCUT2D eigenvalue weighted by Gasteiger charge is -2.27. The fourth-order valence-electron chi connectivity index (χ4n) is 3.81. The van der Waals surface area contributed by atoms with Gasteiger partial charge in [0.15, 0.2) is 0 Å². The van der Waals surface area contributed by atoms with Crippen LogP contribution in [0.5, 0.6) is 5.75 Å². The number of hydrogen-bond donors (Lipinski definition) is 1. The van der Waals surface area contributed by atoms with Crippen molar-refractivity contribution in [3.8, 4) is 5.75 Å². The first-order chi connectivity index (χ1) is 14.4. The minimum atomic E-state index is -3.87. The number of hydrogen-bond acceptors (Lipinski definition) is 4. The zero-order valence-corrected chi connectivity index (χ0v) is 18.5. The largest absolute Gasteiger partial charge is 0.496 e. The normalized spacial score (nSPS) is 16.0. The summed E-state index contributed by atoms with van der Waals surface area (Å²) in [5, 5.41) is 0. The standard InChI is InChI=1S/C23H30N2O4S/c1-18-16-20(12-13-22(18)29-2)30(27,28)24-21(17-19-10-6-5-7-11-19)23(26)25-14-8-3-4-9-15-25/h5-7,10-13,16,21,24H,3-4,8-9,14-15,17H2,1-2H3. The first-order valence-corrected chi connectivity index (χ1v) is 11.9. The Labute approximate surface area is 179 Å². The number of methoxy groups -OCH3 is 1. The van der Waals surface area contributed by atoms with E-state index < -0.39 is 16.1 Å². The number of benzene rings is 2. The van der Waals surface area contributed by atoms with Gasteiger partial charge in [-0.25, -0.2) is 8.42 Å². The Kier molecular flexibility index (Phi) is 7.50. The number of carbonyl (C=O) groups excluding carboxylic acids is 1. The van der Waals surface area contributed by atoms with Gasteiger partial charge in [0.25, 0.3) is 0 Å². The fourth-order valence-corrected chi connectivity index (χ4v) is 5.09. The van der Waals surface area contributed by atoms with E-state index in [4.69, 9.17) is 4.74 Å². The molecule has 6 nitrogen and oxygen atoms in total. The maximum Gasteiger partial charge on any atom is 0.241 e. The van der Waals surface area contributed by atoms with Crippen molar-refractivity contribution in [3.05, 3.63) is 59.7 Å². The molecule has 0 spiro atoms. The van der Waals surface area contributed by atoms with Crippen LogP contribution in [0.1, 0.15) is 36.8 Å². The second-order valence-corrected chi connectivity index (χ2v) is 9.45. The average Bonchev–Trinajstić information content (AvgIpc) is 3.03. The van der Waals surface area contributed by atoms with E-state index in [9.17, 15) is 13.2 Å². The van der Waals surface area contributed by atoms with Crippen LogP contribution in [-0.2, 0) is 21.2 Å². The van der Waals surface area contributed by atoms with Crippen LogP contribution < -0.4 is 9.46 Å². The SMILES string of the molecule is COc1ccc(S(=O)(=O)NC(Cc2ccccc2)C(=O)N2CCCCCC2)cc1C. The maximum absolute atomic E-state index is 13.3. The van der Waals surface area contributed by atoms with Gasteiger partial charge >= 0.3 is 0 Å². The number of nitrogens with one attached hydrogen (secondary N) is 1. The van der Waals surface area contributed by atoms with Crippen molar-refractivity contribution in [2.24, 2.45) is 0 Å². The Morgan fingerprint density at radius 3 is 2.33 bits per heavy atom. The number of rotatable bonds is 7. The molecule has 1 N–H and O–H groups in total. The van der Waals surface area contributed by atoms with Crippen molar-refractivity contribution >= 4 is 15.9 Å². The second-order valence-electron chi connectivity index (χ2n) is 7.73. The number of amides is 1. The molecule has 0 aliphatic carbocycles. The lowest BCUT2D eigenvalue weighted by Crippen LogP contribution is -2.49. The summed E-state index contributed by atoms with van der Waals surface area (Å²) in [4.78, 5) is 15.2. The topological polar surface area (TPSA) is 75.7 Å². The number of likely N-dealkylation sites (tertiary alicyclic amines) is 1. The fraction of sp³-hybridized carbons (Fsp3) is 0.435. The van der Waals surface area contributed by atoms with Gasteiger partial charge in [0.05, 0.1) is 12.0 Å². The molecule has 0 radical (unpaired) electrons. The Morgan fingerprint density at radius 2 is 1.73 bits per heavy atom. The van der Waals surface area contributed by atoms with Crippen molar-refractivity contribution < 1.29 is 17.9 Å². The van der Waals surface area contributed by atoms with E-state index in [1.165, 1.54) is 6.07 Å². The molecule has 1 amide bonds. The van der Waals surface area contributed by atoms with Crippen LogP contribution in [0.15, 0.2) is 53.4 Å².